The van der Waals surface area contributed by atoms with Crippen LogP contribution in [-0.4, -0.2) is 25.7 Å². The molecule has 0 aromatic rings. The topological polar surface area (TPSA) is 52.6 Å². The van der Waals surface area contributed by atoms with Gasteiger partial charge >= 0.3 is 5.97 Å². The fourth-order valence-electron chi connectivity index (χ4n) is 3.40. The van der Waals surface area contributed by atoms with Crippen LogP contribution in [0.2, 0.25) is 0 Å². The lowest BCUT2D eigenvalue weighted by Crippen LogP contribution is -2.05. The van der Waals surface area contributed by atoms with Crippen molar-refractivity contribution >= 4 is 12.4 Å². The van der Waals surface area contributed by atoms with Crippen molar-refractivity contribution in [1.29, 1.82) is 0 Å². The maximum Gasteiger partial charge on any atom is 0.305 e. The molecule has 0 aliphatic heterocycles. The Morgan fingerprint density at radius 1 is 0.588 bits per heavy atom. The highest BCUT2D eigenvalue weighted by atomic mass is 16.5. The minimum Gasteiger partial charge on any atom is -0.468 e. The SMILES string of the molecule is CCCCCC=CCC=CCC=CCC=CCCCC(=O)OCCCCCCCCCOC=O. The molecule has 4 nitrogen and oxygen atoms in total. The summed E-state index contributed by atoms with van der Waals surface area (Å²) in [6.07, 6.45) is 35.7. The molecule has 0 amide bonds. The van der Waals surface area contributed by atoms with Crippen LogP contribution in [-0.2, 0) is 19.1 Å². The van der Waals surface area contributed by atoms with E-state index in [1.54, 1.807) is 0 Å². The number of carbonyl (C=O) groups is 2. The van der Waals surface area contributed by atoms with Gasteiger partial charge in [0.05, 0.1) is 13.2 Å². The van der Waals surface area contributed by atoms with E-state index < -0.39 is 0 Å². The van der Waals surface area contributed by atoms with Gasteiger partial charge in [0.25, 0.3) is 6.47 Å². The first kappa shape index (κ1) is 31.9. The van der Waals surface area contributed by atoms with Gasteiger partial charge in [-0.25, -0.2) is 0 Å². The van der Waals surface area contributed by atoms with E-state index in [9.17, 15) is 9.59 Å². The summed E-state index contributed by atoms with van der Waals surface area (Å²) in [5.74, 6) is -0.0777. The van der Waals surface area contributed by atoms with E-state index in [1.165, 1.54) is 38.5 Å². The Morgan fingerprint density at radius 2 is 1.09 bits per heavy atom. The van der Waals surface area contributed by atoms with Crippen molar-refractivity contribution in [3.8, 4) is 0 Å². The van der Waals surface area contributed by atoms with E-state index in [2.05, 4.69) is 60.3 Å². The smallest absolute Gasteiger partial charge is 0.305 e. The average Bonchev–Trinajstić information content (AvgIpc) is 2.84. The Hall–Kier alpha value is -2.10. The van der Waals surface area contributed by atoms with Crippen LogP contribution in [0.25, 0.3) is 0 Å². The summed E-state index contributed by atoms with van der Waals surface area (Å²) in [5, 5.41) is 0. The molecule has 0 rings (SSSR count). The van der Waals surface area contributed by atoms with Gasteiger partial charge in [-0.1, -0.05) is 100 Å². The molecular formula is C30H50O4. The Balaban J connectivity index is 3.40. The standard InChI is InChI=1S/C30H50O4/c1-2-3-4-5-6-7-8-9-10-11-12-13-14-15-17-20-23-26-30(32)34-28-25-22-19-16-18-21-24-27-33-29-31/h6-7,9-10,12-13,15,17,29H,2-5,8,11,14,16,18-28H2,1H3. The summed E-state index contributed by atoms with van der Waals surface area (Å²) in [6, 6.07) is 0. The minimum absolute atomic E-state index is 0.0777. The highest BCUT2D eigenvalue weighted by molar-refractivity contribution is 5.69. The Kier molecular flexibility index (Phi) is 27.1. The van der Waals surface area contributed by atoms with Crippen LogP contribution in [0.15, 0.2) is 48.6 Å². The van der Waals surface area contributed by atoms with E-state index in [0.29, 0.717) is 26.1 Å². The molecule has 0 N–H and O–H groups in total. The molecule has 0 bridgehead atoms. The highest BCUT2D eigenvalue weighted by Gasteiger charge is 2.01. The van der Waals surface area contributed by atoms with Gasteiger partial charge in [0.1, 0.15) is 0 Å². The molecular weight excluding hydrogens is 424 g/mol. The van der Waals surface area contributed by atoms with Crippen molar-refractivity contribution in [1.82, 2.24) is 0 Å². The number of hydrogen-bond donors (Lipinski definition) is 0. The van der Waals surface area contributed by atoms with Crippen LogP contribution in [0.5, 0.6) is 0 Å². The van der Waals surface area contributed by atoms with E-state index >= 15 is 0 Å². The molecule has 0 radical (unpaired) electrons. The molecule has 194 valence electrons. The van der Waals surface area contributed by atoms with Crippen molar-refractivity contribution in [3.05, 3.63) is 48.6 Å². The fourth-order valence-corrected chi connectivity index (χ4v) is 3.40. The molecule has 4 heteroatoms. The predicted octanol–water partition coefficient (Wildman–Crippen LogP) is 8.58. The lowest BCUT2D eigenvalue weighted by molar-refractivity contribution is -0.143. The number of esters is 1. The van der Waals surface area contributed by atoms with E-state index in [0.717, 1.165) is 64.2 Å². The third-order valence-corrected chi connectivity index (χ3v) is 5.45. The molecule has 0 fully saturated rings. The zero-order valence-corrected chi connectivity index (χ0v) is 21.8. The first-order chi connectivity index (χ1) is 16.8. The summed E-state index contributed by atoms with van der Waals surface area (Å²) < 4.78 is 9.97. The molecule has 0 atom stereocenters. The lowest BCUT2D eigenvalue weighted by atomic mass is 10.1. The molecule has 0 heterocycles. The summed E-state index contributed by atoms with van der Waals surface area (Å²) in [4.78, 5) is 21.8. The molecule has 0 saturated carbocycles. The van der Waals surface area contributed by atoms with E-state index in [1.807, 2.05) is 0 Å². The minimum atomic E-state index is -0.0777. The number of unbranched alkanes of at least 4 members (excludes halogenated alkanes) is 10. The van der Waals surface area contributed by atoms with Gasteiger partial charge < -0.3 is 9.47 Å². The number of hydrogen-bond acceptors (Lipinski definition) is 4. The Morgan fingerprint density at radius 3 is 1.65 bits per heavy atom. The zero-order valence-electron chi connectivity index (χ0n) is 21.8. The molecule has 0 aromatic heterocycles. The summed E-state index contributed by atoms with van der Waals surface area (Å²) >= 11 is 0. The third-order valence-electron chi connectivity index (χ3n) is 5.45. The monoisotopic (exact) mass is 474 g/mol. The first-order valence-electron chi connectivity index (χ1n) is 13.6. The molecule has 0 unspecified atom stereocenters. The molecule has 0 aromatic carbocycles. The normalized spacial score (nSPS) is 11.9. The summed E-state index contributed by atoms with van der Waals surface area (Å²) in [6.45, 7) is 3.81. The van der Waals surface area contributed by atoms with Gasteiger partial charge in [-0.15, -0.1) is 0 Å². The maximum absolute atomic E-state index is 11.8. The van der Waals surface area contributed by atoms with Gasteiger partial charge in [-0.2, -0.15) is 0 Å². The second-order valence-corrected chi connectivity index (χ2v) is 8.64. The summed E-state index contributed by atoms with van der Waals surface area (Å²) in [7, 11) is 0. The molecule has 0 saturated heterocycles. The predicted molar refractivity (Wildman–Crippen MR) is 144 cm³/mol. The number of carbonyl (C=O) groups excluding carboxylic acids is 2. The highest BCUT2D eigenvalue weighted by Crippen LogP contribution is 2.08. The van der Waals surface area contributed by atoms with Gasteiger partial charge in [-0.3, -0.25) is 9.59 Å². The maximum atomic E-state index is 11.8. The number of allylic oxidation sites excluding steroid dienone is 8. The van der Waals surface area contributed by atoms with Gasteiger partial charge in [-0.05, 0) is 57.8 Å². The largest absolute Gasteiger partial charge is 0.468 e. The Labute approximate surface area is 209 Å². The van der Waals surface area contributed by atoms with Gasteiger partial charge in [0, 0.05) is 6.42 Å². The van der Waals surface area contributed by atoms with Crippen molar-refractivity contribution in [2.75, 3.05) is 13.2 Å². The molecule has 0 aliphatic carbocycles. The van der Waals surface area contributed by atoms with Gasteiger partial charge in [0.15, 0.2) is 0 Å². The number of rotatable bonds is 25. The fraction of sp³-hybridized carbons (Fsp3) is 0.667. The second kappa shape index (κ2) is 28.9. The summed E-state index contributed by atoms with van der Waals surface area (Å²) in [5.41, 5.74) is 0. The van der Waals surface area contributed by atoms with Crippen molar-refractivity contribution < 1.29 is 19.1 Å². The Bertz CT molecular complexity index is 560. The van der Waals surface area contributed by atoms with Crippen molar-refractivity contribution in [2.45, 2.75) is 116 Å². The van der Waals surface area contributed by atoms with Gasteiger partial charge in [0.2, 0.25) is 0 Å². The zero-order chi connectivity index (χ0) is 24.8. The molecule has 0 spiro atoms. The second-order valence-electron chi connectivity index (χ2n) is 8.64. The van der Waals surface area contributed by atoms with Crippen LogP contribution in [0.4, 0.5) is 0 Å². The van der Waals surface area contributed by atoms with Crippen LogP contribution >= 0.6 is 0 Å². The van der Waals surface area contributed by atoms with E-state index in [4.69, 9.17) is 4.74 Å². The first-order valence-corrected chi connectivity index (χ1v) is 13.6. The molecule has 0 aliphatic rings. The van der Waals surface area contributed by atoms with Crippen molar-refractivity contribution in [2.24, 2.45) is 0 Å². The molecule has 34 heavy (non-hydrogen) atoms. The van der Waals surface area contributed by atoms with Crippen LogP contribution in [0, 0.1) is 0 Å². The quantitative estimate of drug-likeness (QED) is 0.0575. The van der Waals surface area contributed by atoms with Crippen LogP contribution < -0.4 is 0 Å². The number of ether oxygens (including phenoxy) is 2. The van der Waals surface area contributed by atoms with Crippen molar-refractivity contribution in [3.63, 3.8) is 0 Å². The average molecular weight is 475 g/mol. The van der Waals surface area contributed by atoms with Crippen LogP contribution in [0.1, 0.15) is 116 Å². The van der Waals surface area contributed by atoms with E-state index in [-0.39, 0.29) is 5.97 Å². The lowest BCUT2D eigenvalue weighted by Gasteiger charge is -2.04. The third kappa shape index (κ3) is 27.9. The van der Waals surface area contributed by atoms with Crippen LogP contribution in [0.3, 0.4) is 0 Å².